The molecule has 1 saturated carbocycles. The number of allylic oxidation sites excluding steroid dienone is 1. The lowest BCUT2D eigenvalue weighted by Gasteiger charge is -2.35. The lowest BCUT2D eigenvalue weighted by molar-refractivity contribution is 0.414. The number of hydrogen-bond donors (Lipinski definition) is 1. The predicted octanol–water partition coefficient (Wildman–Crippen LogP) is 7.41. The van der Waals surface area contributed by atoms with Crippen molar-refractivity contribution in [2.75, 3.05) is 5.75 Å². The van der Waals surface area contributed by atoms with Gasteiger partial charge in [-0.1, -0.05) is 80.8 Å². The van der Waals surface area contributed by atoms with E-state index in [-0.39, 0.29) is 0 Å². The molecule has 0 amide bonds. The summed E-state index contributed by atoms with van der Waals surface area (Å²) in [5, 5.41) is 5.93. The van der Waals surface area contributed by atoms with Crippen LogP contribution in [0.4, 0.5) is 0 Å². The van der Waals surface area contributed by atoms with Crippen molar-refractivity contribution in [3.05, 3.63) is 101 Å². The minimum atomic E-state index is -2.04. The van der Waals surface area contributed by atoms with E-state index in [0.29, 0.717) is 5.92 Å². The zero-order valence-corrected chi connectivity index (χ0v) is 20.9. The molecule has 1 fully saturated rings. The molecule has 0 radical (unpaired) electrons. The number of thioether (sulfide) groups is 1. The molecular formula is C28H32PS2+. The highest BCUT2D eigenvalue weighted by Gasteiger charge is 2.53. The van der Waals surface area contributed by atoms with Crippen LogP contribution in [0.1, 0.15) is 39.0 Å². The van der Waals surface area contributed by atoms with Crippen LogP contribution in [0.25, 0.3) is 0 Å². The van der Waals surface area contributed by atoms with Gasteiger partial charge in [0, 0.05) is 5.92 Å². The van der Waals surface area contributed by atoms with Crippen LogP contribution in [0, 0.1) is 5.92 Å². The minimum absolute atomic E-state index is 0.592. The lowest BCUT2D eigenvalue weighted by Crippen LogP contribution is -2.35. The number of benzene rings is 3. The van der Waals surface area contributed by atoms with E-state index in [9.17, 15) is 0 Å². The molecule has 3 heteroatoms. The van der Waals surface area contributed by atoms with Crippen molar-refractivity contribution >= 4 is 47.6 Å². The summed E-state index contributed by atoms with van der Waals surface area (Å²) in [5.74, 6) is 1.64. The van der Waals surface area contributed by atoms with Crippen LogP contribution in [0.15, 0.2) is 101 Å². The molecule has 0 saturated heterocycles. The van der Waals surface area contributed by atoms with Gasteiger partial charge in [-0.2, -0.15) is 0 Å². The molecule has 31 heavy (non-hydrogen) atoms. The number of thiol groups is 1. The molecule has 0 spiro atoms. The second-order valence-electron chi connectivity index (χ2n) is 8.14. The van der Waals surface area contributed by atoms with Gasteiger partial charge >= 0.3 is 0 Å². The maximum atomic E-state index is 5.23. The largest absolute Gasteiger partial charge is 0.142 e. The molecule has 1 aliphatic rings. The summed E-state index contributed by atoms with van der Waals surface area (Å²) in [6.45, 7) is 2.24. The zero-order chi connectivity index (χ0) is 21.5. The first-order chi connectivity index (χ1) is 15.3. The maximum Gasteiger partial charge on any atom is 0.142 e. The first kappa shape index (κ1) is 22.7. The van der Waals surface area contributed by atoms with Crippen molar-refractivity contribution in [1.29, 1.82) is 0 Å². The van der Waals surface area contributed by atoms with Gasteiger partial charge in [-0.25, -0.2) is 0 Å². The topological polar surface area (TPSA) is 0 Å². The van der Waals surface area contributed by atoms with Gasteiger partial charge in [0.2, 0.25) is 0 Å². The molecule has 0 unspecified atom stereocenters. The summed E-state index contributed by atoms with van der Waals surface area (Å²) in [4.78, 5) is 0. The Labute approximate surface area is 198 Å². The molecule has 0 aromatic heterocycles. The summed E-state index contributed by atoms with van der Waals surface area (Å²) in [6.07, 6.45) is 6.56. The quantitative estimate of drug-likeness (QED) is 0.281. The molecule has 4 rings (SSSR count). The Bertz CT molecular complexity index is 881. The molecule has 3 aromatic rings. The highest BCUT2D eigenvalue weighted by molar-refractivity contribution is 8.16. The van der Waals surface area contributed by atoms with Crippen molar-refractivity contribution in [3.63, 3.8) is 0 Å². The third-order valence-electron chi connectivity index (χ3n) is 6.28. The fourth-order valence-corrected chi connectivity index (χ4v) is 11.9. The van der Waals surface area contributed by atoms with Crippen LogP contribution in [0.5, 0.6) is 0 Å². The molecule has 0 bridgehead atoms. The smallest absolute Gasteiger partial charge is 0.133 e. The van der Waals surface area contributed by atoms with Crippen molar-refractivity contribution in [3.8, 4) is 0 Å². The summed E-state index contributed by atoms with van der Waals surface area (Å²) in [7, 11) is -2.04. The Kier molecular flexibility index (Phi) is 7.99. The molecule has 0 N–H and O–H groups in total. The zero-order valence-electron chi connectivity index (χ0n) is 18.3. The third kappa shape index (κ3) is 4.68. The van der Waals surface area contributed by atoms with E-state index in [2.05, 4.69) is 97.9 Å². The fraction of sp³-hybridized carbons (Fsp3) is 0.286. The normalized spacial score (nSPS) is 16.1. The Morgan fingerprint density at radius 2 is 1.16 bits per heavy atom. The van der Waals surface area contributed by atoms with Gasteiger partial charge in [-0.15, -0.1) is 24.4 Å². The molecule has 0 nitrogen and oxygen atoms in total. The SMILES string of the molecule is CCS/C(S)=C(\C1CCCCC1)[P+](c1ccccc1)(c1ccccc1)c1ccccc1. The van der Waals surface area contributed by atoms with E-state index >= 15 is 0 Å². The van der Waals surface area contributed by atoms with Crippen molar-refractivity contribution in [1.82, 2.24) is 0 Å². The van der Waals surface area contributed by atoms with Crippen LogP contribution in [-0.2, 0) is 0 Å². The second kappa shape index (κ2) is 10.9. The number of hydrogen-bond acceptors (Lipinski definition) is 2. The Balaban J connectivity index is 2.10. The standard InChI is InChI=1S/C28H31PS2/c1-2-31-28(30)27(23-15-7-3-8-16-23)29(24-17-9-4-10-18-24,25-19-11-5-12-20-25)26-21-13-6-14-22-26/h4-6,9-14,17-23H,2-3,7-8,15-16H2,1H3/p+1/b28-27+. The van der Waals surface area contributed by atoms with Crippen LogP contribution >= 0.6 is 31.7 Å². The lowest BCUT2D eigenvalue weighted by atomic mass is 9.89. The number of rotatable bonds is 7. The molecule has 1 aliphatic carbocycles. The average Bonchev–Trinajstić information content (AvgIpc) is 2.85. The van der Waals surface area contributed by atoms with E-state index in [1.165, 1.54) is 52.3 Å². The maximum absolute atomic E-state index is 5.23. The molecule has 3 aromatic carbocycles. The van der Waals surface area contributed by atoms with Crippen molar-refractivity contribution in [2.45, 2.75) is 39.0 Å². The summed E-state index contributed by atoms with van der Waals surface area (Å²) < 4.78 is 1.25. The van der Waals surface area contributed by atoms with E-state index in [0.717, 1.165) is 5.75 Å². The second-order valence-corrected chi connectivity index (χ2v) is 13.5. The van der Waals surface area contributed by atoms with E-state index in [1.807, 2.05) is 11.8 Å². The van der Waals surface area contributed by atoms with Crippen molar-refractivity contribution in [2.24, 2.45) is 5.92 Å². The molecule has 160 valence electrons. The summed E-state index contributed by atoms with van der Waals surface area (Å²) >= 11 is 7.15. The minimum Gasteiger partial charge on any atom is -0.133 e. The predicted molar refractivity (Wildman–Crippen MR) is 146 cm³/mol. The highest BCUT2D eigenvalue weighted by atomic mass is 32.2. The van der Waals surface area contributed by atoms with Gasteiger partial charge < -0.3 is 0 Å². The molecule has 0 atom stereocenters. The van der Waals surface area contributed by atoms with Gasteiger partial charge in [0.1, 0.15) is 28.5 Å². The summed E-state index contributed by atoms with van der Waals surface area (Å²) in [6, 6.07) is 33.8. The third-order valence-corrected chi connectivity index (χ3v) is 12.6. The average molecular weight is 464 g/mol. The fourth-order valence-electron chi connectivity index (χ4n) is 5.00. The van der Waals surface area contributed by atoms with Gasteiger partial charge in [0.05, 0.1) is 4.24 Å². The van der Waals surface area contributed by atoms with Crippen LogP contribution < -0.4 is 15.9 Å². The van der Waals surface area contributed by atoms with Gasteiger partial charge in [0.25, 0.3) is 0 Å². The first-order valence-electron chi connectivity index (χ1n) is 11.4. The summed E-state index contributed by atoms with van der Waals surface area (Å²) in [5.41, 5.74) is 0. The van der Waals surface area contributed by atoms with Gasteiger partial charge in [0.15, 0.2) is 0 Å². The van der Waals surface area contributed by atoms with E-state index in [4.69, 9.17) is 12.6 Å². The molecule has 0 heterocycles. The first-order valence-corrected chi connectivity index (χ1v) is 14.6. The van der Waals surface area contributed by atoms with Crippen LogP contribution in [0.2, 0.25) is 0 Å². The van der Waals surface area contributed by atoms with Gasteiger partial charge in [-0.05, 0) is 55.0 Å². The Morgan fingerprint density at radius 3 is 1.55 bits per heavy atom. The van der Waals surface area contributed by atoms with Crippen molar-refractivity contribution < 1.29 is 0 Å². The van der Waals surface area contributed by atoms with Gasteiger partial charge in [-0.3, -0.25) is 0 Å². The highest BCUT2D eigenvalue weighted by Crippen LogP contribution is 2.68. The van der Waals surface area contributed by atoms with E-state index < -0.39 is 7.26 Å². The van der Waals surface area contributed by atoms with Crippen LogP contribution in [-0.4, -0.2) is 5.75 Å². The molecule has 0 aliphatic heterocycles. The Hall–Kier alpha value is -1.47. The monoisotopic (exact) mass is 463 g/mol. The Morgan fingerprint density at radius 1 is 0.742 bits per heavy atom. The van der Waals surface area contributed by atoms with Crippen LogP contribution in [0.3, 0.4) is 0 Å². The molecular weight excluding hydrogens is 431 g/mol. The van der Waals surface area contributed by atoms with E-state index in [1.54, 1.807) is 5.31 Å².